The number of benzene rings is 1. The number of rotatable bonds is 4. The van der Waals surface area contributed by atoms with Crippen molar-refractivity contribution in [1.82, 2.24) is 20.1 Å². The number of carbonyl (C=O) groups excluding carboxylic acids is 1. The summed E-state index contributed by atoms with van der Waals surface area (Å²) in [6, 6.07) is 9.27. The van der Waals surface area contributed by atoms with Gasteiger partial charge in [-0.05, 0) is 25.0 Å². The molecule has 1 heterocycles. The number of nitrogens with zero attached hydrogens (tertiary/aromatic N) is 3. The first kappa shape index (κ1) is 14.2. The van der Waals surface area contributed by atoms with Crippen molar-refractivity contribution in [2.45, 2.75) is 31.2 Å². The Bertz CT molecular complexity index is 690. The minimum atomic E-state index is -1.19. The Morgan fingerprint density at radius 2 is 1.86 bits per heavy atom. The summed E-state index contributed by atoms with van der Waals surface area (Å²) in [7, 11) is 0. The number of carboxylic acid groups (broad SMARTS) is 1. The smallest absolute Gasteiger partial charge is 0.329 e. The summed E-state index contributed by atoms with van der Waals surface area (Å²) in [5, 5.41) is 16.1. The van der Waals surface area contributed by atoms with Gasteiger partial charge in [0.25, 0.3) is 5.91 Å². The molecule has 0 radical (unpaired) electrons. The standard InChI is InChI=1S/C15H16N4O3/c20-13(17-15(14(21)22)8-4-5-9-15)12-16-10-19(18-12)11-6-2-1-3-7-11/h1-3,6-7,10H,4-5,8-9H2,(H,17,20)(H,21,22). The van der Waals surface area contributed by atoms with Gasteiger partial charge in [0.15, 0.2) is 0 Å². The highest BCUT2D eigenvalue weighted by molar-refractivity contribution is 5.95. The lowest BCUT2D eigenvalue weighted by Gasteiger charge is -2.24. The lowest BCUT2D eigenvalue weighted by atomic mass is 9.98. The molecule has 0 unspecified atom stereocenters. The number of hydrogen-bond donors (Lipinski definition) is 2. The van der Waals surface area contributed by atoms with Gasteiger partial charge in [-0.2, -0.15) is 0 Å². The molecule has 1 amide bonds. The maximum Gasteiger partial charge on any atom is 0.329 e. The first-order chi connectivity index (χ1) is 10.6. The Labute approximate surface area is 127 Å². The molecular weight excluding hydrogens is 284 g/mol. The van der Waals surface area contributed by atoms with Crippen LogP contribution in [0, 0.1) is 0 Å². The molecule has 114 valence electrons. The average Bonchev–Trinajstić information content (AvgIpc) is 3.18. The fourth-order valence-electron chi connectivity index (χ4n) is 2.72. The van der Waals surface area contributed by atoms with Crippen LogP contribution in [0.25, 0.3) is 5.69 Å². The Morgan fingerprint density at radius 1 is 1.18 bits per heavy atom. The second kappa shape index (κ2) is 5.59. The minimum absolute atomic E-state index is 0.0311. The molecule has 0 saturated heterocycles. The number of carbonyl (C=O) groups is 2. The predicted molar refractivity (Wildman–Crippen MR) is 77.7 cm³/mol. The number of nitrogens with one attached hydrogen (secondary N) is 1. The molecule has 1 aromatic carbocycles. The normalized spacial score (nSPS) is 16.4. The van der Waals surface area contributed by atoms with Gasteiger partial charge in [0.05, 0.1) is 5.69 Å². The molecule has 7 nitrogen and oxygen atoms in total. The number of para-hydroxylation sites is 1. The molecule has 0 atom stereocenters. The maximum atomic E-state index is 12.2. The van der Waals surface area contributed by atoms with Gasteiger partial charge < -0.3 is 10.4 Å². The zero-order valence-electron chi connectivity index (χ0n) is 11.9. The summed E-state index contributed by atoms with van der Waals surface area (Å²) >= 11 is 0. The molecule has 1 saturated carbocycles. The van der Waals surface area contributed by atoms with Gasteiger partial charge in [0.1, 0.15) is 11.9 Å². The summed E-state index contributed by atoms with van der Waals surface area (Å²) < 4.78 is 1.48. The van der Waals surface area contributed by atoms with Crippen molar-refractivity contribution in [2.75, 3.05) is 0 Å². The van der Waals surface area contributed by atoms with Crippen molar-refractivity contribution in [3.63, 3.8) is 0 Å². The van der Waals surface area contributed by atoms with Crippen molar-refractivity contribution >= 4 is 11.9 Å². The number of aromatic nitrogens is 3. The quantitative estimate of drug-likeness (QED) is 0.889. The molecule has 1 fully saturated rings. The molecular formula is C15H16N4O3. The third kappa shape index (κ3) is 2.57. The SMILES string of the molecule is O=C(NC1(C(=O)O)CCCC1)c1ncn(-c2ccccc2)n1. The Hall–Kier alpha value is -2.70. The number of aliphatic carboxylic acids is 1. The van der Waals surface area contributed by atoms with Crippen molar-refractivity contribution in [2.24, 2.45) is 0 Å². The van der Waals surface area contributed by atoms with E-state index in [9.17, 15) is 14.7 Å². The highest BCUT2D eigenvalue weighted by Gasteiger charge is 2.43. The molecule has 2 aromatic rings. The van der Waals surface area contributed by atoms with Crippen molar-refractivity contribution in [3.8, 4) is 5.69 Å². The molecule has 1 aliphatic carbocycles. The van der Waals surface area contributed by atoms with E-state index in [2.05, 4.69) is 15.4 Å². The molecule has 0 spiro atoms. The molecule has 3 rings (SSSR count). The third-order valence-corrected chi connectivity index (χ3v) is 3.93. The first-order valence-electron chi connectivity index (χ1n) is 7.14. The van der Waals surface area contributed by atoms with Crippen molar-refractivity contribution in [1.29, 1.82) is 0 Å². The van der Waals surface area contributed by atoms with Gasteiger partial charge in [-0.25, -0.2) is 14.5 Å². The summed E-state index contributed by atoms with van der Waals surface area (Å²) in [4.78, 5) is 27.7. The van der Waals surface area contributed by atoms with Gasteiger partial charge in [-0.15, -0.1) is 5.10 Å². The van der Waals surface area contributed by atoms with Crippen LogP contribution in [0.3, 0.4) is 0 Å². The molecule has 22 heavy (non-hydrogen) atoms. The average molecular weight is 300 g/mol. The summed E-state index contributed by atoms with van der Waals surface area (Å²) in [6.45, 7) is 0. The maximum absolute atomic E-state index is 12.2. The van der Waals surface area contributed by atoms with Crippen LogP contribution in [0.15, 0.2) is 36.7 Å². The van der Waals surface area contributed by atoms with Crippen LogP contribution in [0.5, 0.6) is 0 Å². The molecule has 2 N–H and O–H groups in total. The Balaban J connectivity index is 1.79. The minimum Gasteiger partial charge on any atom is -0.480 e. The fraction of sp³-hybridized carbons (Fsp3) is 0.333. The lowest BCUT2D eigenvalue weighted by molar-refractivity contribution is -0.144. The van der Waals surface area contributed by atoms with Gasteiger partial charge in [0.2, 0.25) is 5.82 Å². The fourth-order valence-corrected chi connectivity index (χ4v) is 2.72. The predicted octanol–water partition coefficient (Wildman–Crippen LogP) is 1.39. The van der Waals surface area contributed by atoms with Crippen molar-refractivity contribution < 1.29 is 14.7 Å². The highest BCUT2D eigenvalue weighted by Crippen LogP contribution is 2.30. The van der Waals surface area contributed by atoms with E-state index < -0.39 is 17.4 Å². The molecule has 0 bridgehead atoms. The van der Waals surface area contributed by atoms with Crippen LogP contribution in [0.1, 0.15) is 36.3 Å². The number of carboxylic acids is 1. The summed E-state index contributed by atoms with van der Waals surface area (Å²) in [5.74, 6) is -1.59. The lowest BCUT2D eigenvalue weighted by Crippen LogP contribution is -2.52. The van der Waals surface area contributed by atoms with E-state index in [4.69, 9.17) is 0 Å². The van der Waals surface area contributed by atoms with E-state index in [1.54, 1.807) is 0 Å². The third-order valence-electron chi connectivity index (χ3n) is 3.93. The second-order valence-corrected chi connectivity index (χ2v) is 5.40. The van der Waals surface area contributed by atoms with Gasteiger partial charge in [0, 0.05) is 0 Å². The molecule has 1 aliphatic rings. The topological polar surface area (TPSA) is 97.1 Å². The molecule has 1 aromatic heterocycles. The second-order valence-electron chi connectivity index (χ2n) is 5.40. The van der Waals surface area contributed by atoms with Gasteiger partial charge in [-0.3, -0.25) is 4.79 Å². The van der Waals surface area contributed by atoms with E-state index in [1.807, 2.05) is 30.3 Å². The zero-order valence-corrected chi connectivity index (χ0v) is 11.9. The van der Waals surface area contributed by atoms with E-state index in [0.29, 0.717) is 12.8 Å². The first-order valence-corrected chi connectivity index (χ1v) is 7.14. The van der Waals surface area contributed by atoms with E-state index in [-0.39, 0.29) is 5.82 Å². The summed E-state index contributed by atoms with van der Waals surface area (Å²) in [6.07, 6.45) is 3.89. The van der Waals surface area contributed by atoms with Crippen LogP contribution >= 0.6 is 0 Å². The monoisotopic (exact) mass is 300 g/mol. The molecule has 0 aliphatic heterocycles. The Morgan fingerprint density at radius 3 is 2.50 bits per heavy atom. The van der Waals surface area contributed by atoms with E-state index in [1.165, 1.54) is 11.0 Å². The Kier molecular flexibility index (Phi) is 3.62. The van der Waals surface area contributed by atoms with Crippen LogP contribution in [0.2, 0.25) is 0 Å². The highest BCUT2D eigenvalue weighted by atomic mass is 16.4. The van der Waals surface area contributed by atoms with Crippen LogP contribution < -0.4 is 5.32 Å². The van der Waals surface area contributed by atoms with Gasteiger partial charge in [-0.1, -0.05) is 31.0 Å². The summed E-state index contributed by atoms with van der Waals surface area (Å²) in [5.41, 5.74) is -0.405. The number of hydrogen-bond acceptors (Lipinski definition) is 4. The molecule has 7 heteroatoms. The zero-order chi connectivity index (χ0) is 15.6. The van der Waals surface area contributed by atoms with Crippen LogP contribution in [-0.2, 0) is 4.79 Å². The van der Waals surface area contributed by atoms with Crippen molar-refractivity contribution in [3.05, 3.63) is 42.5 Å². The largest absolute Gasteiger partial charge is 0.480 e. The van der Waals surface area contributed by atoms with E-state index in [0.717, 1.165) is 18.5 Å². The van der Waals surface area contributed by atoms with E-state index >= 15 is 0 Å². The van der Waals surface area contributed by atoms with Crippen LogP contribution in [-0.4, -0.2) is 37.3 Å². The van der Waals surface area contributed by atoms with Gasteiger partial charge >= 0.3 is 5.97 Å². The number of amides is 1. The van der Waals surface area contributed by atoms with Crippen LogP contribution in [0.4, 0.5) is 0 Å².